The van der Waals surface area contributed by atoms with Crippen molar-refractivity contribution in [3.63, 3.8) is 0 Å². The topological polar surface area (TPSA) is 32.3 Å². The molecular weight excluding hydrogens is 232 g/mol. The van der Waals surface area contributed by atoms with Crippen molar-refractivity contribution in [2.75, 3.05) is 31.1 Å². The molecule has 96 valence electrons. The van der Waals surface area contributed by atoms with Crippen LogP contribution in [-0.4, -0.2) is 48.0 Å². The van der Waals surface area contributed by atoms with E-state index in [0.29, 0.717) is 23.3 Å². The van der Waals surface area contributed by atoms with Crippen LogP contribution >= 0.6 is 11.8 Å². The van der Waals surface area contributed by atoms with Gasteiger partial charge in [0.1, 0.15) is 0 Å². The van der Waals surface area contributed by atoms with Crippen molar-refractivity contribution in [2.45, 2.75) is 32.2 Å². The minimum Gasteiger partial charge on any atom is -0.338 e. The predicted octanol–water partition coefficient (Wildman–Crippen LogP) is 1.34. The van der Waals surface area contributed by atoms with E-state index in [0.717, 1.165) is 37.6 Å². The van der Waals surface area contributed by atoms with Gasteiger partial charge in [0.05, 0.1) is 0 Å². The lowest BCUT2D eigenvalue weighted by Crippen LogP contribution is -2.46. The number of amides is 1. The molecule has 0 bridgehead atoms. The Balaban J connectivity index is 1.63. The van der Waals surface area contributed by atoms with Crippen molar-refractivity contribution >= 4 is 17.7 Å². The average Bonchev–Trinajstić information content (AvgIpc) is 3.04. The Labute approximate surface area is 108 Å². The minimum atomic E-state index is 0.357. The van der Waals surface area contributed by atoms with Crippen LogP contribution in [0.5, 0.6) is 0 Å². The van der Waals surface area contributed by atoms with Gasteiger partial charge < -0.3 is 10.2 Å². The summed E-state index contributed by atoms with van der Waals surface area (Å²) in [6, 6.07) is 0.445. The minimum absolute atomic E-state index is 0.357. The van der Waals surface area contributed by atoms with E-state index < -0.39 is 0 Å². The summed E-state index contributed by atoms with van der Waals surface area (Å²) in [5.41, 5.74) is 0.395. The third-order valence-electron chi connectivity index (χ3n) is 4.74. The molecule has 4 heteroatoms. The van der Waals surface area contributed by atoms with Crippen molar-refractivity contribution in [1.29, 1.82) is 0 Å². The molecule has 2 atom stereocenters. The van der Waals surface area contributed by atoms with Crippen LogP contribution in [0.15, 0.2) is 0 Å². The molecule has 1 N–H and O–H groups in total. The Hall–Kier alpha value is -0.220. The number of hydrogen-bond acceptors (Lipinski definition) is 3. The van der Waals surface area contributed by atoms with Gasteiger partial charge in [-0.1, -0.05) is 0 Å². The van der Waals surface area contributed by atoms with Gasteiger partial charge >= 0.3 is 0 Å². The van der Waals surface area contributed by atoms with E-state index in [4.69, 9.17) is 0 Å². The number of carbonyl (C=O) groups is 1. The number of piperidine rings is 1. The van der Waals surface area contributed by atoms with Crippen LogP contribution < -0.4 is 5.32 Å². The molecule has 2 saturated heterocycles. The lowest BCUT2D eigenvalue weighted by molar-refractivity contribution is -0.135. The number of carbonyl (C=O) groups excluding carboxylic acids is 1. The first kappa shape index (κ1) is 11.8. The van der Waals surface area contributed by atoms with E-state index in [9.17, 15) is 4.79 Å². The van der Waals surface area contributed by atoms with E-state index in [-0.39, 0.29) is 0 Å². The second-order valence-corrected chi connectivity index (χ2v) is 6.97. The average molecular weight is 254 g/mol. The largest absolute Gasteiger partial charge is 0.338 e. The van der Waals surface area contributed by atoms with Crippen LogP contribution in [-0.2, 0) is 4.79 Å². The lowest BCUT2D eigenvalue weighted by Gasteiger charge is -2.34. The summed E-state index contributed by atoms with van der Waals surface area (Å²) in [4.78, 5) is 14.7. The SMILES string of the molecule is CC1CSCCN1C(=O)C1CC12CCNCC2. The van der Waals surface area contributed by atoms with Crippen LogP contribution in [0.25, 0.3) is 0 Å². The van der Waals surface area contributed by atoms with E-state index in [1.807, 2.05) is 11.8 Å². The summed E-state index contributed by atoms with van der Waals surface area (Å²) in [5, 5.41) is 3.40. The van der Waals surface area contributed by atoms with Gasteiger partial charge in [-0.15, -0.1) is 0 Å². The van der Waals surface area contributed by atoms with E-state index in [1.165, 1.54) is 12.8 Å². The first-order valence-electron chi connectivity index (χ1n) is 6.82. The molecule has 0 aromatic rings. The Morgan fingerprint density at radius 1 is 1.41 bits per heavy atom. The zero-order valence-electron chi connectivity index (χ0n) is 10.6. The number of nitrogens with one attached hydrogen (secondary N) is 1. The molecule has 0 aromatic carbocycles. The zero-order chi connectivity index (χ0) is 11.9. The van der Waals surface area contributed by atoms with Crippen molar-refractivity contribution in [3.05, 3.63) is 0 Å². The van der Waals surface area contributed by atoms with Gasteiger partial charge in [0.2, 0.25) is 5.91 Å². The van der Waals surface area contributed by atoms with Crippen molar-refractivity contribution in [3.8, 4) is 0 Å². The summed E-state index contributed by atoms with van der Waals surface area (Å²) in [7, 11) is 0. The Kier molecular flexibility index (Phi) is 3.11. The zero-order valence-corrected chi connectivity index (χ0v) is 11.4. The highest BCUT2D eigenvalue weighted by atomic mass is 32.2. The summed E-state index contributed by atoms with van der Waals surface area (Å²) in [6.45, 7) is 5.38. The van der Waals surface area contributed by atoms with Crippen molar-refractivity contribution in [2.24, 2.45) is 11.3 Å². The molecule has 1 aliphatic carbocycles. The fourth-order valence-electron chi connectivity index (χ4n) is 3.43. The second kappa shape index (κ2) is 4.47. The Morgan fingerprint density at radius 2 is 2.18 bits per heavy atom. The van der Waals surface area contributed by atoms with Gasteiger partial charge in [0.25, 0.3) is 0 Å². The van der Waals surface area contributed by atoms with Gasteiger partial charge in [-0.05, 0) is 44.7 Å². The third kappa shape index (κ3) is 2.10. The van der Waals surface area contributed by atoms with Crippen LogP contribution in [0.3, 0.4) is 0 Å². The monoisotopic (exact) mass is 254 g/mol. The van der Waals surface area contributed by atoms with Gasteiger partial charge in [0, 0.05) is 30.0 Å². The van der Waals surface area contributed by atoms with Crippen molar-refractivity contribution in [1.82, 2.24) is 10.2 Å². The number of hydrogen-bond donors (Lipinski definition) is 1. The van der Waals surface area contributed by atoms with Crippen LogP contribution in [0, 0.1) is 11.3 Å². The highest BCUT2D eigenvalue weighted by molar-refractivity contribution is 7.99. The molecule has 1 saturated carbocycles. The molecule has 0 radical (unpaired) electrons. The predicted molar refractivity (Wildman–Crippen MR) is 71.1 cm³/mol. The van der Waals surface area contributed by atoms with Crippen LogP contribution in [0.4, 0.5) is 0 Å². The molecule has 0 aromatic heterocycles. The molecule has 3 fully saturated rings. The maximum atomic E-state index is 12.5. The number of rotatable bonds is 1. The summed E-state index contributed by atoms with van der Waals surface area (Å²) in [6.07, 6.45) is 3.57. The molecule has 2 unspecified atom stereocenters. The molecule has 2 heterocycles. The van der Waals surface area contributed by atoms with Gasteiger partial charge in [-0.2, -0.15) is 11.8 Å². The van der Waals surface area contributed by atoms with Crippen molar-refractivity contribution < 1.29 is 4.79 Å². The number of nitrogens with zero attached hydrogens (tertiary/aromatic N) is 1. The van der Waals surface area contributed by atoms with E-state index >= 15 is 0 Å². The maximum Gasteiger partial charge on any atom is 0.226 e. The number of thioether (sulfide) groups is 1. The first-order chi connectivity index (χ1) is 8.23. The molecule has 3 rings (SSSR count). The quantitative estimate of drug-likeness (QED) is 0.766. The Bertz CT molecular complexity index is 315. The van der Waals surface area contributed by atoms with Crippen LogP contribution in [0.2, 0.25) is 0 Å². The third-order valence-corrected chi connectivity index (χ3v) is 5.93. The summed E-state index contributed by atoms with van der Waals surface area (Å²) < 4.78 is 0. The van der Waals surface area contributed by atoms with Crippen LogP contribution in [0.1, 0.15) is 26.2 Å². The van der Waals surface area contributed by atoms with Gasteiger partial charge in [0.15, 0.2) is 0 Å². The molecular formula is C13H22N2OS. The molecule has 2 aliphatic heterocycles. The summed E-state index contributed by atoms with van der Waals surface area (Å²) in [5.74, 6) is 3.06. The van der Waals surface area contributed by atoms with E-state index in [2.05, 4.69) is 17.1 Å². The van der Waals surface area contributed by atoms with Gasteiger partial charge in [-0.25, -0.2) is 0 Å². The highest BCUT2D eigenvalue weighted by Gasteiger charge is 2.58. The van der Waals surface area contributed by atoms with Gasteiger partial charge in [-0.3, -0.25) is 4.79 Å². The maximum absolute atomic E-state index is 12.5. The standard InChI is InChI=1S/C13H22N2OS/c1-10-9-17-7-6-15(10)12(16)11-8-13(11)2-4-14-5-3-13/h10-11,14H,2-9H2,1H3. The normalized spacial score (nSPS) is 35.9. The summed E-state index contributed by atoms with van der Waals surface area (Å²) >= 11 is 1.98. The molecule has 3 aliphatic rings. The lowest BCUT2D eigenvalue weighted by atomic mass is 9.91. The highest BCUT2D eigenvalue weighted by Crippen LogP contribution is 2.59. The molecule has 3 nitrogen and oxygen atoms in total. The second-order valence-electron chi connectivity index (χ2n) is 5.82. The molecule has 1 amide bonds. The molecule has 1 spiro atoms. The van der Waals surface area contributed by atoms with E-state index in [1.54, 1.807) is 0 Å². The fourth-order valence-corrected chi connectivity index (χ4v) is 4.44. The first-order valence-corrected chi connectivity index (χ1v) is 7.97. The fraction of sp³-hybridized carbons (Fsp3) is 0.923. The smallest absolute Gasteiger partial charge is 0.226 e. The Morgan fingerprint density at radius 3 is 2.88 bits per heavy atom. The molecule has 17 heavy (non-hydrogen) atoms.